The second kappa shape index (κ2) is 7.40. The average molecular weight is 314 g/mol. The van der Waals surface area contributed by atoms with Crippen molar-refractivity contribution in [3.8, 4) is 0 Å². The molecule has 1 unspecified atom stereocenters. The Labute approximate surface area is 136 Å². The van der Waals surface area contributed by atoms with E-state index in [4.69, 9.17) is 0 Å². The first-order valence-electron chi connectivity index (χ1n) is 8.34. The number of aromatic nitrogens is 2. The van der Waals surface area contributed by atoms with Gasteiger partial charge in [0.05, 0.1) is 0 Å². The van der Waals surface area contributed by atoms with Crippen LogP contribution in [-0.2, 0) is 6.54 Å². The Bertz CT molecular complexity index is 629. The molecular weight excluding hydrogens is 291 g/mol. The highest BCUT2D eigenvalue weighted by molar-refractivity contribution is 5.44. The Hall–Kier alpha value is -2.17. The largest absolute Gasteiger partial charge is 0.353 e. The number of nitrogens with one attached hydrogen (secondary N) is 1. The zero-order chi connectivity index (χ0) is 16.1. The molecule has 1 aliphatic rings. The van der Waals surface area contributed by atoms with Crippen LogP contribution < -0.4 is 10.2 Å². The van der Waals surface area contributed by atoms with Gasteiger partial charge >= 0.3 is 0 Å². The lowest BCUT2D eigenvalue weighted by Crippen LogP contribution is -2.39. The molecule has 1 N–H and O–H groups in total. The number of halogens is 1. The standard InChI is InChI=1S/C18H23FN4/c1-2-16-5-3-4-12-23(16)17-10-11-20-18(22-17)21-13-14-6-8-15(19)9-7-14/h6-11,16H,2-5,12-13H2,1H3,(H,20,21,22). The summed E-state index contributed by atoms with van der Waals surface area (Å²) in [4.78, 5) is 11.3. The molecule has 1 saturated heterocycles. The zero-order valence-electron chi connectivity index (χ0n) is 13.5. The molecule has 1 aromatic carbocycles. The van der Waals surface area contributed by atoms with Gasteiger partial charge in [-0.25, -0.2) is 9.37 Å². The van der Waals surface area contributed by atoms with Gasteiger partial charge in [0.1, 0.15) is 11.6 Å². The average Bonchev–Trinajstić information content (AvgIpc) is 2.61. The fraction of sp³-hybridized carbons (Fsp3) is 0.444. The van der Waals surface area contributed by atoms with Crippen molar-refractivity contribution in [3.05, 3.63) is 47.9 Å². The van der Waals surface area contributed by atoms with Crippen molar-refractivity contribution in [1.82, 2.24) is 9.97 Å². The Morgan fingerprint density at radius 3 is 2.83 bits per heavy atom. The molecular formula is C18H23FN4. The molecule has 1 atom stereocenters. The van der Waals surface area contributed by atoms with E-state index in [0.29, 0.717) is 18.5 Å². The van der Waals surface area contributed by atoms with E-state index in [2.05, 4.69) is 27.1 Å². The van der Waals surface area contributed by atoms with Gasteiger partial charge in [-0.2, -0.15) is 4.98 Å². The number of anilines is 2. The first-order valence-corrected chi connectivity index (χ1v) is 8.34. The van der Waals surface area contributed by atoms with E-state index < -0.39 is 0 Å². The molecule has 0 saturated carbocycles. The summed E-state index contributed by atoms with van der Waals surface area (Å²) in [6, 6.07) is 9.02. The van der Waals surface area contributed by atoms with E-state index in [0.717, 1.165) is 24.3 Å². The van der Waals surface area contributed by atoms with Crippen LogP contribution in [0, 0.1) is 5.82 Å². The predicted molar refractivity (Wildman–Crippen MR) is 91.0 cm³/mol. The predicted octanol–water partition coefficient (Wildman–Crippen LogP) is 4.00. The quantitative estimate of drug-likeness (QED) is 0.906. The lowest BCUT2D eigenvalue weighted by molar-refractivity contribution is 0.447. The van der Waals surface area contributed by atoms with Crippen molar-refractivity contribution >= 4 is 11.8 Å². The molecule has 0 aliphatic carbocycles. The van der Waals surface area contributed by atoms with E-state index in [-0.39, 0.29) is 5.82 Å². The van der Waals surface area contributed by atoms with Crippen molar-refractivity contribution in [2.45, 2.75) is 45.2 Å². The van der Waals surface area contributed by atoms with Crippen molar-refractivity contribution in [1.29, 1.82) is 0 Å². The van der Waals surface area contributed by atoms with E-state index >= 15 is 0 Å². The summed E-state index contributed by atoms with van der Waals surface area (Å²) in [6.45, 7) is 3.88. The third-order valence-electron chi connectivity index (χ3n) is 4.40. The first kappa shape index (κ1) is 15.7. The zero-order valence-corrected chi connectivity index (χ0v) is 13.5. The molecule has 2 aromatic rings. The topological polar surface area (TPSA) is 41.1 Å². The van der Waals surface area contributed by atoms with Crippen molar-refractivity contribution in [3.63, 3.8) is 0 Å². The third kappa shape index (κ3) is 3.97. The maximum absolute atomic E-state index is 12.9. The molecule has 122 valence electrons. The van der Waals surface area contributed by atoms with Gasteiger partial charge in [0.25, 0.3) is 0 Å². The number of hydrogen-bond donors (Lipinski definition) is 1. The maximum Gasteiger partial charge on any atom is 0.224 e. The summed E-state index contributed by atoms with van der Waals surface area (Å²) in [5, 5.41) is 3.22. The van der Waals surface area contributed by atoms with E-state index in [1.54, 1.807) is 18.3 Å². The van der Waals surface area contributed by atoms with Crippen molar-refractivity contribution < 1.29 is 4.39 Å². The summed E-state index contributed by atoms with van der Waals surface area (Å²) >= 11 is 0. The minimum Gasteiger partial charge on any atom is -0.353 e. The third-order valence-corrected chi connectivity index (χ3v) is 4.40. The second-order valence-electron chi connectivity index (χ2n) is 5.97. The Kier molecular flexibility index (Phi) is 5.05. The molecule has 0 radical (unpaired) electrons. The van der Waals surface area contributed by atoms with Gasteiger partial charge in [0, 0.05) is 25.3 Å². The molecule has 1 aromatic heterocycles. The van der Waals surface area contributed by atoms with Crippen molar-refractivity contribution in [2.24, 2.45) is 0 Å². The Morgan fingerprint density at radius 2 is 2.04 bits per heavy atom. The van der Waals surface area contributed by atoms with E-state index in [9.17, 15) is 4.39 Å². The number of piperidine rings is 1. The summed E-state index contributed by atoms with van der Waals surface area (Å²) < 4.78 is 12.9. The summed E-state index contributed by atoms with van der Waals surface area (Å²) in [6.07, 6.45) is 6.70. The lowest BCUT2D eigenvalue weighted by Gasteiger charge is -2.36. The molecule has 23 heavy (non-hydrogen) atoms. The number of hydrogen-bond acceptors (Lipinski definition) is 4. The van der Waals surface area contributed by atoms with Crippen LogP contribution in [0.3, 0.4) is 0 Å². The first-order chi connectivity index (χ1) is 11.3. The van der Waals surface area contributed by atoms with Crippen LogP contribution in [0.2, 0.25) is 0 Å². The SMILES string of the molecule is CCC1CCCCN1c1ccnc(NCc2ccc(F)cc2)n1. The molecule has 0 amide bonds. The van der Waals surface area contributed by atoms with Gasteiger partial charge in [0.15, 0.2) is 0 Å². The number of nitrogens with zero attached hydrogens (tertiary/aromatic N) is 3. The fourth-order valence-corrected chi connectivity index (χ4v) is 3.10. The van der Waals surface area contributed by atoms with E-state index in [1.807, 2.05) is 6.07 Å². The van der Waals surface area contributed by atoms with Crippen LogP contribution in [0.1, 0.15) is 38.2 Å². The molecule has 1 aliphatic heterocycles. The molecule has 0 spiro atoms. The van der Waals surface area contributed by atoms with Crippen LogP contribution in [0.25, 0.3) is 0 Å². The highest BCUT2D eigenvalue weighted by Gasteiger charge is 2.22. The lowest BCUT2D eigenvalue weighted by atomic mass is 10.0. The smallest absolute Gasteiger partial charge is 0.224 e. The normalized spacial score (nSPS) is 18.0. The van der Waals surface area contributed by atoms with Crippen LogP contribution in [0.4, 0.5) is 16.2 Å². The summed E-state index contributed by atoms with van der Waals surface area (Å²) in [5.41, 5.74) is 1.00. The van der Waals surface area contributed by atoms with Crippen LogP contribution in [0.15, 0.2) is 36.5 Å². The van der Waals surface area contributed by atoms with Crippen LogP contribution in [0.5, 0.6) is 0 Å². The van der Waals surface area contributed by atoms with Crippen molar-refractivity contribution in [2.75, 3.05) is 16.8 Å². The molecule has 1 fully saturated rings. The summed E-state index contributed by atoms with van der Waals surface area (Å²) in [5.74, 6) is 1.39. The van der Waals surface area contributed by atoms with Gasteiger partial charge in [-0.05, 0) is 49.4 Å². The fourth-order valence-electron chi connectivity index (χ4n) is 3.10. The minimum atomic E-state index is -0.220. The molecule has 3 rings (SSSR count). The second-order valence-corrected chi connectivity index (χ2v) is 5.97. The molecule has 5 heteroatoms. The molecule has 2 heterocycles. The minimum absolute atomic E-state index is 0.220. The number of benzene rings is 1. The van der Waals surface area contributed by atoms with E-state index in [1.165, 1.54) is 31.4 Å². The van der Waals surface area contributed by atoms with Gasteiger partial charge in [-0.15, -0.1) is 0 Å². The van der Waals surface area contributed by atoms with Crippen LogP contribution in [-0.4, -0.2) is 22.6 Å². The van der Waals surface area contributed by atoms with Gasteiger partial charge in [-0.1, -0.05) is 19.1 Å². The molecule has 0 bridgehead atoms. The Balaban J connectivity index is 1.68. The highest BCUT2D eigenvalue weighted by atomic mass is 19.1. The van der Waals surface area contributed by atoms with Gasteiger partial charge < -0.3 is 10.2 Å². The van der Waals surface area contributed by atoms with Gasteiger partial charge in [-0.3, -0.25) is 0 Å². The van der Waals surface area contributed by atoms with Gasteiger partial charge in [0.2, 0.25) is 5.95 Å². The monoisotopic (exact) mass is 314 g/mol. The summed E-state index contributed by atoms with van der Waals surface area (Å²) in [7, 11) is 0. The van der Waals surface area contributed by atoms with Crippen LogP contribution >= 0.6 is 0 Å². The molecule has 4 nitrogen and oxygen atoms in total. The Morgan fingerprint density at radius 1 is 1.22 bits per heavy atom. The maximum atomic E-state index is 12.9. The number of rotatable bonds is 5. The highest BCUT2D eigenvalue weighted by Crippen LogP contribution is 2.25.